The van der Waals surface area contributed by atoms with Gasteiger partial charge in [0.2, 0.25) is 0 Å². The zero-order chi connectivity index (χ0) is 20.9. The van der Waals surface area contributed by atoms with Gasteiger partial charge in [-0.05, 0) is 36.8 Å². The Morgan fingerprint density at radius 2 is 1.80 bits per heavy atom. The summed E-state index contributed by atoms with van der Waals surface area (Å²) in [5.74, 6) is 0.938. The highest BCUT2D eigenvalue weighted by Gasteiger charge is 2.16. The lowest BCUT2D eigenvalue weighted by molar-refractivity contribution is 0.102. The highest BCUT2D eigenvalue weighted by molar-refractivity contribution is 6.04. The van der Waals surface area contributed by atoms with Crippen LogP contribution in [0.25, 0.3) is 22.5 Å². The van der Waals surface area contributed by atoms with Crippen LogP contribution in [0.3, 0.4) is 0 Å². The van der Waals surface area contributed by atoms with Crippen molar-refractivity contribution in [2.75, 3.05) is 17.7 Å². The number of nitrogens with zero attached hydrogens (tertiary/aromatic N) is 5. The summed E-state index contributed by atoms with van der Waals surface area (Å²) >= 11 is 0. The average Bonchev–Trinajstić information content (AvgIpc) is 2.80. The molecule has 0 unspecified atom stereocenters. The smallest absolute Gasteiger partial charge is 0.256 e. The summed E-state index contributed by atoms with van der Waals surface area (Å²) < 4.78 is 0. The lowest BCUT2D eigenvalue weighted by Crippen LogP contribution is -2.13. The van der Waals surface area contributed by atoms with Gasteiger partial charge in [0.05, 0.1) is 11.4 Å². The van der Waals surface area contributed by atoms with E-state index in [0.29, 0.717) is 28.6 Å². The topological polar surface area (TPSA) is 106 Å². The number of nitrogens with one attached hydrogen (secondary N) is 2. The molecule has 0 radical (unpaired) electrons. The molecule has 3 heterocycles. The Bertz CT molecular complexity index is 1190. The molecule has 1 amide bonds. The molecule has 2 N–H and O–H groups in total. The van der Waals surface area contributed by atoms with Crippen LogP contribution in [-0.2, 0) is 0 Å². The molecule has 0 aliphatic rings. The van der Waals surface area contributed by atoms with E-state index in [9.17, 15) is 4.79 Å². The van der Waals surface area contributed by atoms with Gasteiger partial charge >= 0.3 is 0 Å². The molecule has 4 rings (SSSR count). The van der Waals surface area contributed by atoms with Gasteiger partial charge in [0, 0.05) is 42.2 Å². The minimum absolute atomic E-state index is 0.245. The third-order valence-corrected chi connectivity index (χ3v) is 4.57. The highest BCUT2D eigenvalue weighted by atomic mass is 16.1. The molecule has 0 bridgehead atoms. The first-order valence-electron chi connectivity index (χ1n) is 9.29. The fourth-order valence-electron chi connectivity index (χ4n) is 3.02. The number of aromatic nitrogens is 5. The van der Waals surface area contributed by atoms with Crippen molar-refractivity contribution in [1.82, 2.24) is 24.9 Å². The van der Waals surface area contributed by atoms with E-state index in [1.54, 1.807) is 37.6 Å². The van der Waals surface area contributed by atoms with Crippen molar-refractivity contribution in [3.8, 4) is 22.5 Å². The number of carbonyl (C=O) groups is 1. The number of anilines is 2. The highest BCUT2D eigenvalue weighted by Crippen LogP contribution is 2.31. The van der Waals surface area contributed by atoms with Crippen molar-refractivity contribution in [3.63, 3.8) is 0 Å². The second-order valence-electron chi connectivity index (χ2n) is 6.52. The van der Waals surface area contributed by atoms with Crippen LogP contribution in [0, 0.1) is 6.92 Å². The molecule has 148 valence electrons. The molecule has 8 heteroatoms. The first-order chi connectivity index (χ1) is 14.7. The molecule has 0 atom stereocenters. The summed E-state index contributed by atoms with van der Waals surface area (Å²) in [6.07, 6.45) is 6.31. The maximum Gasteiger partial charge on any atom is 0.256 e. The minimum atomic E-state index is -0.245. The predicted molar refractivity (Wildman–Crippen MR) is 115 cm³/mol. The van der Waals surface area contributed by atoms with Crippen LogP contribution >= 0.6 is 0 Å². The molecule has 0 aliphatic carbocycles. The Hall–Kier alpha value is -4.20. The lowest BCUT2D eigenvalue weighted by Gasteiger charge is -2.12. The van der Waals surface area contributed by atoms with Crippen LogP contribution in [0.4, 0.5) is 11.6 Å². The van der Waals surface area contributed by atoms with E-state index in [1.807, 2.05) is 31.2 Å². The number of rotatable bonds is 5. The Balaban J connectivity index is 1.74. The number of carbonyl (C=O) groups excluding carboxylic acids is 1. The zero-order valence-electron chi connectivity index (χ0n) is 16.5. The summed E-state index contributed by atoms with van der Waals surface area (Å²) in [7, 11) is 1.79. The van der Waals surface area contributed by atoms with Crippen molar-refractivity contribution >= 4 is 17.5 Å². The van der Waals surface area contributed by atoms with Gasteiger partial charge < -0.3 is 10.6 Å². The van der Waals surface area contributed by atoms with E-state index in [1.165, 1.54) is 12.7 Å². The summed E-state index contributed by atoms with van der Waals surface area (Å²) in [5, 5.41) is 5.81. The average molecular weight is 397 g/mol. The zero-order valence-corrected chi connectivity index (χ0v) is 16.5. The van der Waals surface area contributed by atoms with Gasteiger partial charge in [-0.3, -0.25) is 4.79 Å². The quantitative estimate of drug-likeness (QED) is 0.530. The summed E-state index contributed by atoms with van der Waals surface area (Å²) in [6.45, 7) is 1.97. The van der Waals surface area contributed by atoms with Crippen molar-refractivity contribution < 1.29 is 4.79 Å². The van der Waals surface area contributed by atoms with E-state index >= 15 is 0 Å². The second-order valence-corrected chi connectivity index (χ2v) is 6.52. The normalized spacial score (nSPS) is 10.5. The van der Waals surface area contributed by atoms with Gasteiger partial charge in [0.25, 0.3) is 5.91 Å². The maximum absolute atomic E-state index is 12.7. The third-order valence-electron chi connectivity index (χ3n) is 4.57. The third kappa shape index (κ3) is 3.97. The van der Waals surface area contributed by atoms with Gasteiger partial charge in [0.1, 0.15) is 24.3 Å². The number of hydrogen-bond donors (Lipinski definition) is 2. The first-order valence-corrected chi connectivity index (χ1v) is 9.29. The Morgan fingerprint density at radius 1 is 0.900 bits per heavy atom. The molecule has 0 spiro atoms. The number of pyridine rings is 1. The monoisotopic (exact) mass is 397 g/mol. The minimum Gasteiger partial charge on any atom is -0.373 e. The van der Waals surface area contributed by atoms with Crippen molar-refractivity contribution in [2.24, 2.45) is 0 Å². The van der Waals surface area contributed by atoms with Crippen LogP contribution < -0.4 is 10.6 Å². The van der Waals surface area contributed by atoms with Gasteiger partial charge in [-0.1, -0.05) is 12.1 Å². The second kappa shape index (κ2) is 8.44. The standard InChI is InChI=1S/C22H19N7O/c1-14-6-7-15(22(30)29-19-5-3-4-8-25-19)9-16(14)21-17(11-24-12-28-21)18-10-20(23-2)27-13-26-18/h3-13H,1-2H3,(H,23,26,27)(H,25,29,30). The maximum atomic E-state index is 12.7. The van der Waals surface area contributed by atoms with Crippen LogP contribution in [0.5, 0.6) is 0 Å². The van der Waals surface area contributed by atoms with Crippen molar-refractivity contribution in [1.29, 1.82) is 0 Å². The Morgan fingerprint density at radius 3 is 2.60 bits per heavy atom. The number of benzene rings is 1. The fraction of sp³-hybridized carbons (Fsp3) is 0.0909. The molecule has 0 aliphatic heterocycles. The molecule has 30 heavy (non-hydrogen) atoms. The number of hydrogen-bond acceptors (Lipinski definition) is 7. The van der Waals surface area contributed by atoms with Crippen LogP contribution in [0.15, 0.2) is 67.5 Å². The van der Waals surface area contributed by atoms with Crippen LogP contribution in [-0.4, -0.2) is 37.9 Å². The molecule has 3 aromatic heterocycles. The van der Waals surface area contributed by atoms with Gasteiger partial charge in [0.15, 0.2) is 0 Å². The predicted octanol–water partition coefficient (Wildman–Crippen LogP) is 3.60. The summed E-state index contributed by atoms with van der Waals surface area (Å²) in [5.41, 5.74) is 4.44. The molecule has 4 aromatic rings. The van der Waals surface area contributed by atoms with E-state index in [-0.39, 0.29) is 5.91 Å². The number of aryl methyl sites for hydroxylation is 1. The van der Waals surface area contributed by atoms with Gasteiger partial charge in [-0.25, -0.2) is 24.9 Å². The van der Waals surface area contributed by atoms with Crippen LogP contribution in [0.2, 0.25) is 0 Å². The summed E-state index contributed by atoms with van der Waals surface area (Å²) in [4.78, 5) is 34.1. The SMILES string of the molecule is CNc1cc(-c2cncnc2-c2cc(C(=O)Nc3ccccn3)ccc2C)ncn1. The largest absolute Gasteiger partial charge is 0.373 e. The molecule has 1 aromatic carbocycles. The molecule has 8 nitrogen and oxygen atoms in total. The van der Waals surface area contributed by atoms with Crippen molar-refractivity contribution in [2.45, 2.75) is 6.92 Å². The Labute approximate surface area is 173 Å². The van der Waals surface area contributed by atoms with E-state index in [4.69, 9.17) is 0 Å². The summed E-state index contributed by atoms with van der Waals surface area (Å²) in [6, 6.07) is 12.7. The first kappa shape index (κ1) is 19.1. The van der Waals surface area contributed by atoms with Gasteiger partial charge in [-0.15, -0.1) is 0 Å². The molecule has 0 saturated heterocycles. The fourth-order valence-corrected chi connectivity index (χ4v) is 3.02. The van der Waals surface area contributed by atoms with Gasteiger partial charge in [-0.2, -0.15) is 0 Å². The number of amides is 1. The van der Waals surface area contributed by atoms with Crippen molar-refractivity contribution in [3.05, 3.63) is 78.6 Å². The molecular formula is C22H19N7O. The Kier molecular flexibility index (Phi) is 5.38. The van der Waals surface area contributed by atoms with Crippen LogP contribution in [0.1, 0.15) is 15.9 Å². The lowest BCUT2D eigenvalue weighted by atomic mass is 9.97. The van der Waals surface area contributed by atoms with E-state index < -0.39 is 0 Å². The molecular weight excluding hydrogens is 378 g/mol. The van der Waals surface area contributed by atoms with E-state index in [0.717, 1.165) is 16.7 Å². The molecule has 0 saturated carbocycles. The molecule has 0 fully saturated rings. The van der Waals surface area contributed by atoms with E-state index in [2.05, 4.69) is 35.6 Å².